The molecule has 0 spiro atoms. The van der Waals surface area contributed by atoms with Crippen LogP contribution in [0.1, 0.15) is 106 Å². The minimum absolute atomic E-state index is 0.0170. The molecule has 0 aromatic carbocycles. The van der Waals surface area contributed by atoms with E-state index < -0.39 is 16.8 Å². The molecule has 0 saturated heterocycles. The van der Waals surface area contributed by atoms with Crippen molar-refractivity contribution in [2.75, 3.05) is 62.0 Å². The molecule has 2 unspecified atom stereocenters. The topological polar surface area (TPSA) is 89.9 Å². The fourth-order valence-corrected chi connectivity index (χ4v) is 12.1. The highest BCUT2D eigenvalue weighted by Crippen LogP contribution is 2.76. The molecule has 0 aromatic heterocycles. The second kappa shape index (κ2) is 11.8. The third-order valence-electron chi connectivity index (χ3n) is 14.8. The fraction of sp³-hybridized carbons (Fsp3) is 0.875. The summed E-state index contributed by atoms with van der Waals surface area (Å²) in [6.07, 6.45) is 11.2. The molecule has 4 fully saturated rings. The minimum Gasteiger partial charge on any atom is -0.481 e. The average molecular weight is 673 g/mol. The molecule has 9 atom stereocenters. The van der Waals surface area contributed by atoms with Gasteiger partial charge in [-0.2, -0.15) is 0 Å². The SMILES string of the molecule is CC1(C)CC[C@]2(C(=O)O)CC[C@]3(C)C(=CCC4[C@@]5(C)CC[C@H](OC(=O)C[N+](C)(C)C)[C@@](C)(COC(=O)C[N+](C)(C)C)C5CC[C@]43C)[C@@H]2C1. The van der Waals surface area contributed by atoms with Crippen LogP contribution in [0.15, 0.2) is 11.6 Å². The number of aliphatic carboxylic acids is 1. The Balaban J connectivity index is 1.51. The highest BCUT2D eigenvalue weighted by molar-refractivity contribution is 5.76. The Bertz CT molecular complexity index is 1340. The van der Waals surface area contributed by atoms with Gasteiger partial charge in [0.25, 0.3) is 0 Å². The number of carbonyl (C=O) groups is 3. The molecule has 0 aliphatic heterocycles. The number of carboxylic acid groups (broad SMARTS) is 1. The van der Waals surface area contributed by atoms with Gasteiger partial charge in [0, 0.05) is 5.41 Å². The molecule has 0 amide bonds. The van der Waals surface area contributed by atoms with Crippen LogP contribution in [0.3, 0.4) is 0 Å². The summed E-state index contributed by atoms with van der Waals surface area (Å²) in [6.45, 7) is 15.2. The summed E-state index contributed by atoms with van der Waals surface area (Å²) in [5, 5.41) is 10.7. The molecule has 5 rings (SSSR count). The van der Waals surface area contributed by atoms with Crippen LogP contribution < -0.4 is 0 Å². The quantitative estimate of drug-likeness (QED) is 0.175. The monoisotopic (exact) mass is 673 g/mol. The Morgan fingerprint density at radius 2 is 1.40 bits per heavy atom. The van der Waals surface area contributed by atoms with Gasteiger partial charge in [0.2, 0.25) is 0 Å². The Hall–Kier alpha value is -1.93. The summed E-state index contributed by atoms with van der Waals surface area (Å²) in [4.78, 5) is 39.5. The molecule has 5 aliphatic rings. The number of allylic oxidation sites excluding steroid dienone is 2. The lowest BCUT2D eigenvalue weighted by atomic mass is 9.33. The first-order chi connectivity index (χ1) is 21.8. The van der Waals surface area contributed by atoms with E-state index in [9.17, 15) is 19.5 Å². The maximum Gasteiger partial charge on any atom is 0.362 e. The van der Waals surface area contributed by atoms with E-state index in [0.717, 1.165) is 64.2 Å². The van der Waals surface area contributed by atoms with Crippen LogP contribution in [0.25, 0.3) is 0 Å². The van der Waals surface area contributed by atoms with Gasteiger partial charge < -0.3 is 23.5 Å². The lowest BCUT2D eigenvalue weighted by molar-refractivity contribution is -0.862. The van der Waals surface area contributed by atoms with Crippen molar-refractivity contribution in [3.8, 4) is 0 Å². The summed E-state index contributed by atoms with van der Waals surface area (Å²) < 4.78 is 13.5. The van der Waals surface area contributed by atoms with E-state index in [-0.39, 0.29) is 71.2 Å². The Morgan fingerprint density at radius 3 is 2.00 bits per heavy atom. The highest BCUT2D eigenvalue weighted by Gasteiger charge is 2.70. The maximum absolute atomic E-state index is 13.3. The summed E-state index contributed by atoms with van der Waals surface area (Å²) >= 11 is 0. The van der Waals surface area contributed by atoms with Crippen molar-refractivity contribution in [2.45, 2.75) is 112 Å². The Morgan fingerprint density at radius 1 is 0.792 bits per heavy atom. The first-order valence-corrected chi connectivity index (χ1v) is 18.7. The van der Waals surface area contributed by atoms with Crippen molar-refractivity contribution in [3.05, 3.63) is 11.6 Å². The smallest absolute Gasteiger partial charge is 0.362 e. The predicted molar refractivity (Wildman–Crippen MR) is 188 cm³/mol. The van der Waals surface area contributed by atoms with Gasteiger partial charge in [-0.25, -0.2) is 9.59 Å². The molecule has 0 heterocycles. The van der Waals surface area contributed by atoms with E-state index in [4.69, 9.17) is 9.47 Å². The summed E-state index contributed by atoms with van der Waals surface area (Å²) in [5.41, 5.74) is 0.313. The van der Waals surface area contributed by atoms with Crippen LogP contribution in [-0.2, 0) is 23.9 Å². The van der Waals surface area contributed by atoms with Gasteiger partial charge in [-0.1, -0.05) is 53.2 Å². The van der Waals surface area contributed by atoms with Gasteiger partial charge >= 0.3 is 17.9 Å². The lowest BCUT2D eigenvalue weighted by Gasteiger charge is -2.71. The molecular weight excluding hydrogens is 604 g/mol. The zero-order valence-corrected chi connectivity index (χ0v) is 32.5. The van der Waals surface area contributed by atoms with Gasteiger partial charge in [0.1, 0.15) is 12.7 Å². The van der Waals surface area contributed by atoms with Gasteiger partial charge in [-0.05, 0) is 104 Å². The zero-order chi connectivity index (χ0) is 35.9. The van der Waals surface area contributed by atoms with Crippen LogP contribution >= 0.6 is 0 Å². The second-order valence-corrected chi connectivity index (χ2v) is 20.8. The number of likely N-dealkylation sites (N-methyl/N-ethyl adjacent to an activating group) is 2. The number of esters is 2. The number of nitrogens with zero attached hydrogens (tertiary/aromatic N) is 2. The third kappa shape index (κ3) is 6.17. The number of fused-ring (bicyclic) bond motifs is 7. The van der Waals surface area contributed by atoms with Crippen molar-refractivity contribution in [2.24, 2.45) is 50.2 Å². The zero-order valence-electron chi connectivity index (χ0n) is 32.5. The highest BCUT2D eigenvalue weighted by atomic mass is 16.6. The molecule has 8 nitrogen and oxygen atoms in total. The van der Waals surface area contributed by atoms with Crippen molar-refractivity contribution in [1.29, 1.82) is 0 Å². The first kappa shape index (κ1) is 37.3. The Kier molecular flexibility index (Phi) is 9.19. The molecule has 1 N–H and O–H groups in total. The van der Waals surface area contributed by atoms with Crippen LogP contribution in [0.4, 0.5) is 0 Å². The molecular formula is C40H68N2O6+2. The third-order valence-corrected chi connectivity index (χ3v) is 14.8. The number of quaternary nitrogens is 2. The normalized spacial score (nSPS) is 42.2. The standard InChI is InChI=1S/C40H67N2O6/c1-35(2)19-21-40(34(45)46)22-20-38(5)27(28(40)23-35)13-14-30-36(3)17-16-31(48-33(44)25-42(10,11)12)37(4,29(36)15-18-39(30,38)6)26-47-32(43)24-41(7,8)9/h13,28-31H,14-26H2,1-12H3/q+1/p+1/t28-,29?,30?,31-,36-,37-,38+,39+,40-/m0/s1. The van der Waals surface area contributed by atoms with Crippen molar-refractivity contribution >= 4 is 17.9 Å². The Labute approximate surface area is 291 Å². The molecule has 8 heteroatoms. The van der Waals surface area contributed by atoms with Gasteiger partial charge in [-0.15, -0.1) is 0 Å². The number of hydrogen-bond donors (Lipinski definition) is 1. The van der Waals surface area contributed by atoms with Gasteiger partial charge in [0.15, 0.2) is 13.1 Å². The average Bonchev–Trinajstić information content (AvgIpc) is 2.92. The molecule has 48 heavy (non-hydrogen) atoms. The first-order valence-electron chi connectivity index (χ1n) is 18.7. The van der Waals surface area contributed by atoms with E-state index in [1.54, 1.807) is 0 Å². The van der Waals surface area contributed by atoms with Gasteiger partial charge in [-0.3, -0.25) is 4.79 Å². The lowest BCUT2D eigenvalue weighted by Crippen LogP contribution is -2.66. The van der Waals surface area contributed by atoms with E-state index in [0.29, 0.717) is 14.9 Å². The molecule has 0 bridgehead atoms. The predicted octanol–water partition coefficient (Wildman–Crippen LogP) is 6.72. The minimum atomic E-state index is -0.646. The molecule has 0 radical (unpaired) electrons. The van der Waals surface area contributed by atoms with Crippen molar-refractivity contribution in [3.63, 3.8) is 0 Å². The van der Waals surface area contributed by atoms with Crippen molar-refractivity contribution < 1.29 is 37.9 Å². The molecule has 272 valence electrons. The second-order valence-electron chi connectivity index (χ2n) is 20.8. The van der Waals surface area contributed by atoms with Crippen LogP contribution in [0.2, 0.25) is 0 Å². The molecule has 0 aromatic rings. The largest absolute Gasteiger partial charge is 0.481 e. The molecule has 5 aliphatic carbocycles. The van der Waals surface area contributed by atoms with Crippen LogP contribution in [0, 0.1) is 50.2 Å². The van der Waals surface area contributed by atoms with Gasteiger partial charge in [0.05, 0.1) is 47.7 Å². The fourth-order valence-electron chi connectivity index (χ4n) is 12.1. The molecule has 4 saturated carbocycles. The van der Waals surface area contributed by atoms with E-state index in [2.05, 4.69) is 47.6 Å². The summed E-state index contributed by atoms with van der Waals surface area (Å²) in [7, 11) is 12.0. The van der Waals surface area contributed by atoms with E-state index in [1.165, 1.54) is 5.57 Å². The maximum atomic E-state index is 13.3. The van der Waals surface area contributed by atoms with E-state index in [1.807, 2.05) is 42.3 Å². The number of carboxylic acids is 1. The summed E-state index contributed by atoms with van der Waals surface area (Å²) in [6, 6.07) is 0. The summed E-state index contributed by atoms with van der Waals surface area (Å²) in [5.74, 6) is -0.311. The van der Waals surface area contributed by atoms with Crippen LogP contribution in [-0.4, -0.2) is 100 Å². The van der Waals surface area contributed by atoms with Crippen molar-refractivity contribution in [1.82, 2.24) is 0 Å². The number of carbonyl (C=O) groups excluding carboxylic acids is 2. The van der Waals surface area contributed by atoms with E-state index >= 15 is 0 Å². The van der Waals surface area contributed by atoms with Crippen LogP contribution in [0.5, 0.6) is 0 Å². The number of ether oxygens (including phenoxy) is 2. The number of rotatable bonds is 8. The number of hydrogen-bond acceptors (Lipinski definition) is 5.